The molecule has 1 aliphatic heterocycles. The Morgan fingerprint density at radius 3 is 2.58 bits per heavy atom. The number of nitrogens with two attached hydrogens (primary N) is 1. The first-order chi connectivity index (χ1) is 8.99. The van der Waals surface area contributed by atoms with Gasteiger partial charge in [0.2, 0.25) is 5.91 Å². The van der Waals surface area contributed by atoms with Crippen molar-refractivity contribution >= 4 is 17.4 Å². The number of carbonyl (C=O) groups excluding carboxylic acids is 2. The predicted octanol–water partition coefficient (Wildman–Crippen LogP) is 1.67. The van der Waals surface area contributed by atoms with Crippen LogP contribution < -0.4 is 5.73 Å². The van der Waals surface area contributed by atoms with Crippen molar-refractivity contribution in [3.8, 4) is 0 Å². The van der Waals surface area contributed by atoms with Gasteiger partial charge in [0.1, 0.15) is 0 Å². The third-order valence-corrected chi connectivity index (χ3v) is 3.05. The summed E-state index contributed by atoms with van der Waals surface area (Å²) < 4.78 is 0. The molecule has 4 nitrogen and oxygen atoms in total. The maximum Gasteiger partial charge on any atom is 0.254 e. The number of nitrogens with zero attached hydrogens (tertiary/aromatic N) is 1. The summed E-state index contributed by atoms with van der Waals surface area (Å²) in [6.45, 7) is 5.23. The summed E-state index contributed by atoms with van der Waals surface area (Å²) in [5, 5.41) is 0. The van der Waals surface area contributed by atoms with Gasteiger partial charge in [-0.05, 0) is 23.1 Å². The fourth-order valence-electron chi connectivity index (χ4n) is 2.37. The van der Waals surface area contributed by atoms with Gasteiger partial charge in [-0.2, -0.15) is 0 Å². The fraction of sp³-hybridized carbons (Fsp3) is 0.333. The van der Waals surface area contributed by atoms with Crippen LogP contribution in [0.15, 0.2) is 30.3 Å². The average Bonchev–Trinajstić information content (AvgIpc) is 2.34. The Morgan fingerprint density at radius 1 is 1.37 bits per heavy atom. The summed E-state index contributed by atoms with van der Waals surface area (Å²) in [6.07, 6.45) is 1.42. The molecular formula is C15H18N2O2. The van der Waals surface area contributed by atoms with E-state index < -0.39 is 5.91 Å². The zero-order valence-corrected chi connectivity index (χ0v) is 11.2. The maximum atomic E-state index is 12.4. The maximum absolute atomic E-state index is 12.4. The molecule has 1 aromatic rings. The molecule has 0 fully saturated rings. The van der Waals surface area contributed by atoms with Crippen molar-refractivity contribution in [1.29, 1.82) is 0 Å². The van der Waals surface area contributed by atoms with E-state index in [0.717, 1.165) is 11.1 Å². The van der Waals surface area contributed by atoms with Crippen molar-refractivity contribution < 1.29 is 9.59 Å². The first-order valence-electron chi connectivity index (χ1n) is 6.37. The molecule has 0 bridgehead atoms. The second-order valence-corrected chi connectivity index (χ2v) is 5.20. The van der Waals surface area contributed by atoms with E-state index in [1.54, 1.807) is 11.0 Å². The number of rotatable bonds is 3. The van der Waals surface area contributed by atoms with E-state index in [-0.39, 0.29) is 5.91 Å². The van der Waals surface area contributed by atoms with Crippen LogP contribution in [0.25, 0.3) is 5.57 Å². The van der Waals surface area contributed by atoms with Crippen LogP contribution in [0.4, 0.5) is 0 Å². The van der Waals surface area contributed by atoms with Gasteiger partial charge in [0, 0.05) is 24.7 Å². The van der Waals surface area contributed by atoms with E-state index in [4.69, 9.17) is 5.73 Å². The van der Waals surface area contributed by atoms with Crippen LogP contribution in [0, 0.1) is 5.92 Å². The highest BCUT2D eigenvalue weighted by Crippen LogP contribution is 2.27. The van der Waals surface area contributed by atoms with Gasteiger partial charge >= 0.3 is 0 Å². The predicted molar refractivity (Wildman–Crippen MR) is 74.4 cm³/mol. The Balaban J connectivity index is 2.45. The zero-order chi connectivity index (χ0) is 14.0. The van der Waals surface area contributed by atoms with Crippen molar-refractivity contribution in [2.45, 2.75) is 13.8 Å². The van der Waals surface area contributed by atoms with Gasteiger partial charge in [0.05, 0.1) is 0 Å². The highest BCUT2D eigenvalue weighted by molar-refractivity contribution is 6.05. The van der Waals surface area contributed by atoms with E-state index in [1.807, 2.05) is 18.2 Å². The number of carbonyl (C=O) groups is 2. The topological polar surface area (TPSA) is 63.4 Å². The van der Waals surface area contributed by atoms with Gasteiger partial charge in [0.25, 0.3) is 5.91 Å². The molecule has 19 heavy (non-hydrogen) atoms. The monoisotopic (exact) mass is 258 g/mol. The Morgan fingerprint density at radius 2 is 2.00 bits per heavy atom. The summed E-state index contributed by atoms with van der Waals surface area (Å²) in [5.74, 6) is -0.0846. The molecule has 1 aliphatic rings. The summed E-state index contributed by atoms with van der Waals surface area (Å²) >= 11 is 0. The fourth-order valence-corrected chi connectivity index (χ4v) is 2.37. The molecule has 1 heterocycles. The minimum Gasteiger partial charge on any atom is -0.366 e. The van der Waals surface area contributed by atoms with Crippen LogP contribution in [0.5, 0.6) is 0 Å². The van der Waals surface area contributed by atoms with E-state index in [0.29, 0.717) is 24.6 Å². The Hall–Kier alpha value is -2.10. The van der Waals surface area contributed by atoms with Crippen LogP contribution in [-0.2, 0) is 4.79 Å². The molecule has 100 valence electrons. The number of fused-ring (bicyclic) bond motifs is 1. The number of amides is 2. The lowest BCUT2D eigenvalue weighted by Crippen LogP contribution is -2.39. The lowest BCUT2D eigenvalue weighted by molar-refractivity contribution is -0.113. The lowest BCUT2D eigenvalue weighted by Gasteiger charge is -2.31. The molecule has 0 radical (unpaired) electrons. The van der Waals surface area contributed by atoms with Crippen molar-refractivity contribution in [2.24, 2.45) is 11.7 Å². The molecule has 0 aromatic heterocycles. The molecule has 4 heteroatoms. The van der Waals surface area contributed by atoms with Gasteiger partial charge in [-0.25, -0.2) is 0 Å². The molecule has 2 N–H and O–H groups in total. The molecular weight excluding hydrogens is 240 g/mol. The van der Waals surface area contributed by atoms with Crippen molar-refractivity contribution in [1.82, 2.24) is 4.90 Å². The van der Waals surface area contributed by atoms with Crippen molar-refractivity contribution in [3.63, 3.8) is 0 Å². The Labute approximate surface area is 112 Å². The molecule has 0 saturated carbocycles. The summed E-state index contributed by atoms with van der Waals surface area (Å²) in [5.41, 5.74) is 7.50. The molecule has 0 unspecified atom stereocenters. The minimum absolute atomic E-state index is 0.0194. The third-order valence-electron chi connectivity index (χ3n) is 3.05. The van der Waals surface area contributed by atoms with E-state index >= 15 is 0 Å². The normalized spacial score (nSPS) is 16.9. The van der Waals surface area contributed by atoms with Gasteiger partial charge in [-0.1, -0.05) is 32.0 Å². The van der Waals surface area contributed by atoms with Crippen LogP contribution in [-0.4, -0.2) is 29.8 Å². The Bertz CT molecular complexity index is 547. The molecule has 0 aliphatic carbocycles. The number of hydrogen-bond acceptors (Lipinski definition) is 2. The van der Waals surface area contributed by atoms with E-state index in [2.05, 4.69) is 13.8 Å². The van der Waals surface area contributed by atoms with Crippen molar-refractivity contribution in [3.05, 3.63) is 41.5 Å². The standard InChI is InChI=1S/C15H18N2O2/c1-10(2)8-17-9-11(7-14(16)18)12-5-3-4-6-13(12)15(17)19/h3-7,10H,8-9H2,1-2H3,(H2,16,18)/b11-7+. The smallest absolute Gasteiger partial charge is 0.254 e. The number of benzene rings is 1. The Kier molecular flexibility index (Phi) is 3.69. The van der Waals surface area contributed by atoms with E-state index in [9.17, 15) is 9.59 Å². The first kappa shape index (κ1) is 13.3. The SMILES string of the molecule is CC(C)CN1C/C(=C\C(N)=O)c2ccccc2C1=O. The van der Waals surface area contributed by atoms with Crippen LogP contribution in [0.1, 0.15) is 29.8 Å². The van der Waals surface area contributed by atoms with Gasteiger partial charge in [-0.3, -0.25) is 9.59 Å². The van der Waals surface area contributed by atoms with Crippen LogP contribution in [0.2, 0.25) is 0 Å². The van der Waals surface area contributed by atoms with Gasteiger partial charge < -0.3 is 10.6 Å². The molecule has 0 saturated heterocycles. The number of hydrogen-bond donors (Lipinski definition) is 1. The second-order valence-electron chi connectivity index (χ2n) is 5.20. The molecule has 1 aromatic carbocycles. The summed E-state index contributed by atoms with van der Waals surface area (Å²) in [7, 11) is 0. The summed E-state index contributed by atoms with van der Waals surface area (Å²) in [4.78, 5) is 25.3. The second kappa shape index (κ2) is 5.26. The molecule has 2 rings (SSSR count). The molecule has 2 amide bonds. The van der Waals surface area contributed by atoms with E-state index in [1.165, 1.54) is 6.08 Å². The molecule has 0 spiro atoms. The highest BCUT2D eigenvalue weighted by atomic mass is 16.2. The highest BCUT2D eigenvalue weighted by Gasteiger charge is 2.27. The largest absolute Gasteiger partial charge is 0.366 e. The van der Waals surface area contributed by atoms with Gasteiger partial charge in [0.15, 0.2) is 0 Å². The summed E-state index contributed by atoms with van der Waals surface area (Å²) in [6, 6.07) is 7.34. The average molecular weight is 258 g/mol. The number of primary amides is 1. The first-order valence-corrected chi connectivity index (χ1v) is 6.37. The third kappa shape index (κ3) is 2.84. The van der Waals surface area contributed by atoms with Gasteiger partial charge in [-0.15, -0.1) is 0 Å². The zero-order valence-electron chi connectivity index (χ0n) is 11.2. The van der Waals surface area contributed by atoms with Crippen molar-refractivity contribution in [2.75, 3.05) is 13.1 Å². The minimum atomic E-state index is -0.483. The quantitative estimate of drug-likeness (QED) is 0.838. The van der Waals surface area contributed by atoms with Crippen LogP contribution in [0.3, 0.4) is 0 Å². The van der Waals surface area contributed by atoms with Crippen LogP contribution >= 0.6 is 0 Å². The molecule has 0 atom stereocenters. The lowest BCUT2D eigenvalue weighted by atomic mass is 9.93.